The Kier molecular flexibility index (Phi) is 6.80. The zero-order valence-electron chi connectivity index (χ0n) is 24.7. The Morgan fingerprint density at radius 3 is 2.49 bits per heavy atom. The van der Waals surface area contributed by atoms with Crippen LogP contribution in [-0.2, 0) is 9.53 Å². The van der Waals surface area contributed by atoms with Gasteiger partial charge in [-0.3, -0.25) is 10.1 Å². The van der Waals surface area contributed by atoms with Crippen molar-refractivity contribution in [3.8, 4) is 0 Å². The van der Waals surface area contributed by atoms with E-state index in [1.165, 1.54) is 64.2 Å². The van der Waals surface area contributed by atoms with Gasteiger partial charge in [-0.05, 0) is 125 Å². The Balaban J connectivity index is 1.13. The SMILES string of the molecule is C[C@@H]1CC[C@@]2(NC1)O[C@H]1C[C@H]3[C@@H]4CC[C@H]5C[C@H](NC(=O)CCN(C)C)CC[C@]5(C)[C@H]4CC[C@]3(C)[C@H]1[C@@H]2C. The summed E-state index contributed by atoms with van der Waals surface area (Å²) in [5.41, 5.74) is 0.855. The molecule has 0 unspecified atom stereocenters. The van der Waals surface area contributed by atoms with E-state index in [2.05, 4.69) is 43.2 Å². The standard InChI is InChI=1S/C32H55N3O2/c1-20-9-15-32(33-19-20)21(2)29-27(37-32)18-26-24-8-7-22-17-23(34-28(36)12-16-35(5)6)10-13-30(22,3)25(24)11-14-31(26,29)4/h20-27,29,33H,7-19H2,1-6H3,(H,34,36)/t20-,21+,22+,23-,24-,25+,26+,27+,29+,30+,31+,32-/m1/s1. The van der Waals surface area contributed by atoms with E-state index in [9.17, 15) is 4.79 Å². The van der Waals surface area contributed by atoms with E-state index in [4.69, 9.17) is 4.74 Å². The topological polar surface area (TPSA) is 53.6 Å². The lowest BCUT2D eigenvalue weighted by Crippen LogP contribution is -2.58. The number of piperidine rings is 1. The van der Waals surface area contributed by atoms with Crippen LogP contribution in [0.1, 0.15) is 98.3 Å². The van der Waals surface area contributed by atoms with Gasteiger partial charge < -0.3 is 15.0 Å². The highest BCUT2D eigenvalue weighted by Crippen LogP contribution is 2.71. The molecule has 0 aromatic heterocycles. The van der Waals surface area contributed by atoms with Gasteiger partial charge in [-0.2, -0.15) is 0 Å². The molecule has 0 aromatic rings. The molecule has 6 aliphatic rings. The summed E-state index contributed by atoms with van der Waals surface area (Å²) in [6, 6.07) is 0.389. The van der Waals surface area contributed by atoms with Crippen molar-refractivity contribution in [2.24, 2.45) is 52.3 Å². The van der Waals surface area contributed by atoms with Crippen molar-refractivity contribution in [2.75, 3.05) is 27.2 Å². The molecule has 5 nitrogen and oxygen atoms in total. The molecule has 6 fully saturated rings. The van der Waals surface area contributed by atoms with E-state index in [1.54, 1.807) is 0 Å². The monoisotopic (exact) mass is 513 g/mol. The van der Waals surface area contributed by atoms with Crippen molar-refractivity contribution in [3.05, 3.63) is 0 Å². The molecule has 4 saturated carbocycles. The molecule has 37 heavy (non-hydrogen) atoms. The van der Waals surface area contributed by atoms with Gasteiger partial charge in [0.05, 0.1) is 6.10 Å². The van der Waals surface area contributed by atoms with E-state index in [0.29, 0.717) is 35.3 Å². The molecule has 2 aliphatic heterocycles. The second-order valence-corrected chi connectivity index (χ2v) is 15.4. The highest BCUT2D eigenvalue weighted by molar-refractivity contribution is 5.76. The van der Waals surface area contributed by atoms with E-state index in [0.717, 1.165) is 48.6 Å². The van der Waals surface area contributed by atoms with Crippen LogP contribution in [0.3, 0.4) is 0 Å². The third kappa shape index (κ3) is 4.24. The van der Waals surface area contributed by atoms with E-state index in [-0.39, 0.29) is 11.6 Å². The van der Waals surface area contributed by atoms with Gasteiger partial charge in [-0.1, -0.05) is 27.7 Å². The number of fused-ring (bicyclic) bond motifs is 7. The fraction of sp³-hybridized carbons (Fsp3) is 0.969. The van der Waals surface area contributed by atoms with Crippen LogP contribution in [0.2, 0.25) is 0 Å². The number of carbonyl (C=O) groups excluding carboxylic acids is 1. The summed E-state index contributed by atoms with van der Waals surface area (Å²) in [5.74, 6) is 5.72. The molecule has 5 heteroatoms. The quantitative estimate of drug-likeness (QED) is 0.525. The largest absolute Gasteiger partial charge is 0.357 e. The lowest BCUT2D eigenvalue weighted by molar-refractivity contribution is -0.136. The number of carbonyl (C=O) groups is 1. The van der Waals surface area contributed by atoms with Crippen LogP contribution in [0.4, 0.5) is 0 Å². The average molecular weight is 514 g/mol. The summed E-state index contributed by atoms with van der Waals surface area (Å²) < 4.78 is 7.07. The maximum absolute atomic E-state index is 12.5. The van der Waals surface area contributed by atoms with Crippen molar-refractivity contribution in [3.63, 3.8) is 0 Å². The van der Waals surface area contributed by atoms with Crippen molar-refractivity contribution in [1.82, 2.24) is 15.5 Å². The Morgan fingerprint density at radius 1 is 0.973 bits per heavy atom. The lowest BCUT2D eigenvalue weighted by atomic mass is 9.44. The summed E-state index contributed by atoms with van der Waals surface area (Å²) in [7, 11) is 4.09. The number of nitrogens with one attached hydrogen (secondary N) is 2. The predicted molar refractivity (Wildman–Crippen MR) is 149 cm³/mol. The third-order valence-electron chi connectivity index (χ3n) is 13.3. The smallest absolute Gasteiger partial charge is 0.221 e. The molecular formula is C32H55N3O2. The molecule has 4 aliphatic carbocycles. The van der Waals surface area contributed by atoms with Crippen molar-refractivity contribution >= 4 is 5.91 Å². The average Bonchev–Trinajstić information content (AvgIpc) is 3.30. The molecule has 0 aromatic carbocycles. The summed E-state index contributed by atoms with van der Waals surface area (Å²) in [5, 5.41) is 7.33. The van der Waals surface area contributed by atoms with Crippen LogP contribution in [-0.4, -0.2) is 55.9 Å². The van der Waals surface area contributed by atoms with Gasteiger partial charge in [0, 0.05) is 31.5 Å². The highest BCUT2D eigenvalue weighted by Gasteiger charge is 2.68. The molecule has 2 N–H and O–H groups in total. The highest BCUT2D eigenvalue weighted by atomic mass is 16.5. The molecule has 1 spiro atoms. The first kappa shape index (κ1) is 26.6. The van der Waals surface area contributed by atoms with Crippen LogP contribution < -0.4 is 10.6 Å². The molecule has 2 heterocycles. The Hall–Kier alpha value is -0.650. The Morgan fingerprint density at radius 2 is 1.76 bits per heavy atom. The maximum atomic E-state index is 12.5. The van der Waals surface area contributed by atoms with Gasteiger partial charge in [0.1, 0.15) is 5.72 Å². The lowest BCUT2D eigenvalue weighted by Gasteiger charge is -2.61. The summed E-state index contributed by atoms with van der Waals surface area (Å²) in [6.45, 7) is 12.2. The normalized spacial score (nSPS) is 52.9. The number of hydrogen-bond donors (Lipinski definition) is 2. The Bertz CT molecular complexity index is 868. The van der Waals surface area contributed by atoms with Gasteiger partial charge in [0.25, 0.3) is 0 Å². The second kappa shape index (κ2) is 9.47. The molecule has 12 atom stereocenters. The first-order valence-electron chi connectivity index (χ1n) is 15.9. The van der Waals surface area contributed by atoms with Crippen LogP contribution in [0.15, 0.2) is 0 Å². The second-order valence-electron chi connectivity index (χ2n) is 15.4. The van der Waals surface area contributed by atoms with Gasteiger partial charge in [-0.15, -0.1) is 0 Å². The van der Waals surface area contributed by atoms with Crippen molar-refractivity contribution in [1.29, 1.82) is 0 Å². The first-order chi connectivity index (χ1) is 17.6. The van der Waals surface area contributed by atoms with Gasteiger partial charge in [-0.25, -0.2) is 0 Å². The van der Waals surface area contributed by atoms with Crippen LogP contribution in [0.5, 0.6) is 0 Å². The minimum Gasteiger partial charge on any atom is -0.357 e. The van der Waals surface area contributed by atoms with Crippen LogP contribution in [0, 0.1) is 52.3 Å². The van der Waals surface area contributed by atoms with E-state index >= 15 is 0 Å². The van der Waals surface area contributed by atoms with Crippen molar-refractivity contribution in [2.45, 2.75) is 116 Å². The minimum atomic E-state index is -0.0499. The molecule has 0 radical (unpaired) electrons. The maximum Gasteiger partial charge on any atom is 0.221 e. The van der Waals surface area contributed by atoms with Gasteiger partial charge in [0.15, 0.2) is 0 Å². The number of ether oxygens (including phenoxy) is 1. The van der Waals surface area contributed by atoms with Crippen LogP contribution in [0.25, 0.3) is 0 Å². The third-order valence-corrected chi connectivity index (χ3v) is 13.3. The zero-order chi connectivity index (χ0) is 26.2. The zero-order valence-corrected chi connectivity index (χ0v) is 24.7. The number of amides is 1. The molecular weight excluding hydrogens is 458 g/mol. The summed E-state index contributed by atoms with van der Waals surface area (Å²) in [4.78, 5) is 14.6. The summed E-state index contributed by atoms with van der Waals surface area (Å²) >= 11 is 0. The fourth-order valence-corrected chi connectivity index (χ4v) is 11.2. The van der Waals surface area contributed by atoms with Crippen molar-refractivity contribution < 1.29 is 9.53 Å². The van der Waals surface area contributed by atoms with E-state index < -0.39 is 0 Å². The summed E-state index contributed by atoms with van der Waals surface area (Å²) in [6.07, 6.45) is 14.1. The van der Waals surface area contributed by atoms with E-state index in [1.807, 2.05) is 14.1 Å². The van der Waals surface area contributed by atoms with Crippen LogP contribution >= 0.6 is 0 Å². The minimum absolute atomic E-state index is 0.0499. The molecule has 0 bridgehead atoms. The molecule has 2 saturated heterocycles. The number of hydrogen-bond acceptors (Lipinski definition) is 4. The van der Waals surface area contributed by atoms with Gasteiger partial charge >= 0.3 is 0 Å². The molecule has 1 amide bonds. The first-order valence-corrected chi connectivity index (χ1v) is 15.9. The fourth-order valence-electron chi connectivity index (χ4n) is 11.2. The Labute approximate surface area is 226 Å². The van der Waals surface area contributed by atoms with Gasteiger partial charge in [0.2, 0.25) is 5.91 Å². The number of rotatable bonds is 4. The predicted octanol–water partition coefficient (Wildman–Crippen LogP) is 5.44. The molecule has 6 rings (SSSR count). The number of nitrogens with zero attached hydrogens (tertiary/aromatic N) is 1. The molecule has 210 valence electrons.